The lowest BCUT2D eigenvalue weighted by molar-refractivity contribution is -0.137. The Hall–Kier alpha value is -2.82. The molecule has 2 aromatic rings. The van der Waals surface area contributed by atoms with Gasteiger partial charge in [0.2, 0.25) is 0 Å². The zero-order valence-corrected chi connectivity index (χ0v) is 11.9. The fraction of sp³-hybridized carbons (Fsp3) is 0.0556. The number of fused-ring (bicyclic) bond motifs is 1. The van der Waals surface area contributed by atoms with Gasteiger partial charge in [-0.3, -0.25) is 4.79 Å². The van der Waals surface area contributed by atoms with Gasteiger partial charge in [0.15, 0.2) is 0 Å². The van der Waals surface area contributed by atoms with Crippen molar-refractivity contribution in [2.75, 3.05) is 5.32 Å². The zero-order chi connectivity index (χ0) is 16.4. The van der Waals surface area contributed by atoms with Crippen LogP contribution in [-0.2, 0) is 11.0 Å². The lowest BCUT2D eigenvalue weighted by Gasteiger charge is -2.07. The van der Waals surface area contributed by atoms with Crippen LogP contribution >= 0.6 is 0 Å². The number of rotatable bonds is 2. The molecule has 0 saturated heterocycles. The lowest BCUT2D eigenvalue weighted by atomic mass is 10.0. The third kappa shape index (κ3) is 3.18. The number of allylic oxidation sites excluding steroid dienone is 2. The summed E-state index contributed by atoms with van der Waals surface area (Å²) in [5.41, 5.74) is 1.19. The SMILES string of the molecule is O=C1Nc2cc(C(F)(F)F)ccc2/C1=C\C=C\c1ccccc1. The van der Waals surface area contributed by atoms with Gasteiger partial charge in [-0.25, -0.2) is 0 Å². The molecule has 23 heavy (non-hydrogen) atoms. The summed E-state index contributed by atoms with van der Waals surface area (Å²) in [7, 11) is 0. The average Bonchev–Trinajstić information content (AvgIpc) is 2.83. The number of alkyl halides is 3. The Kier molecular flexibility index (Phi) is 3.78. The van der Waals surface area contributed by atoms with Crippen LogP contribution in [0.25, 0.3) is 11.6 Å². The first kappa shape index (κ1) is 15.1. The monoisotopic (exact) mass is 315 g/mol. The Labute approximate surface area is 131 Å². The zero-order valence-electron chi connectivity index (χ0n) is 11.9. The highest BCUT2D eigenvalue weighted by Gasteiger charge is 2.33. The van der Waals surface area contributed by atoms with Gasteiger partial charge < -0.3 is 5.32 Å². The van der Waals surface area contributed by atoms with Crippen LogP contribution in [0.1, 0.15) is 16.7 Å². The van der Waals surface area contributed by atoms with Crippen LogP contribution in [0.4, 0.5) is 18.9 Å². The normalized spacial score (nSPS) is 16.0. The van der Waals surface area contributed by atoms with Gasteiger partial charge >= 0.3 is 6.18 Å². The number of carbonyl (C=O) groups excluding carboxylic acids is 1. The van der Waals surface area contributed by atoms with Crippen LogP contribution in [0.15, 0.2) is 60.7 Å². The van der Waals surface area contributed by atoms with Crippen LogP contribution in [0.2, 0.25) is 0 Å². The summed E-state index contributed by atoms with van der Waals surface area (Å²) >= 11 is 0. The number of benzene rings is 2. The molecule has 1 amide bonds. The first-order chi connectivity index (χ1) is 10.9. The summed E-state index contributed by atoms with van der Waals surface area (Å²) < 4.78 is 38.1. The Balaban J connectivity index is 1.90. The van der Waals surface area contributed by atoms with Gasteiger partial charge in [0.1, 0.15) is 0 Å². The van der Waals surface area contributed by atoms with E-state index >= 15 is 0 Å². The molecule has 0 fully saturated rings. The quantitative estimate of drug-likeness (QED) is 0.796. The first-order valence-electron chi connectivity index (χ1n) is 6.91. The van der Waals surface area contributed by atoms with Crippen molar-refractivity contribution in [2.45, 2.75) is 6.18 Å². The van der Waals surface area contributed by atoms with Gasteiger partial charge in [-0.05, 0) is 23.8 Å². The minimum Gasteiger partial charge on any atom is -0.321 e. The van der Waals surface area contributed by atoms with Crippen molar-refractivity contribution in [1.82, 2.24) is 0 Å². The van der Waals surface area contributed by atoms with Gasteiger partial charge in [0.05, 0.1) is 5.56 Å². The molecule has 0 bridgehead atoms. The maximum absolute atomic E-state index is 12.7. The van der Waals surface area contributed by atoms with Crippen LogP contribution < -0.4 is 5.32 Å². The van der Waals surface area contributed by atoms with Crippen molar-refractivity contribution >= 4 is 23.2 Å². The predicted octanol–water partition coefficient (Wildman–Crippen LogP) is 4.75. The molecule has 1 aliphatic rings. The number of amides is 1. The van der Waals surface area contributed by atoms with E-state index in [0.29, 0.717) is 11.1 Å². The van der Waals surface area contributed by atoms with Crippen molar-refractivity contribution in [2.24, 2.45) is 0 Å². The molecule has 0 radical (unpaired) electrons. The summed E-state index contributed by atoms with van der Waals surface area (Å²) in [5, 5.41) is 2.47. The number of hydrogen-bond donors (Lipinski definition) is 1. The minimum atomic E-state index is -4.43. The van der Waals surface area contributed by atoms with Gasteiger partial charge in [0, 0.05) is 16.8 Å². The number of nitrogens with one attached hydrogen (secondary N) is 1. The summed E-state index contributed by atoms with van der Waals surface area (Å²) in [6.45, 7) is 0. The lowest BCUT2D eigenvalue weighted by Crippen LogP contribution is -2.06. The Bertz CT molecular complexity index is 805. The fourth-order valence-corrected chi connectivity index (χ4v) is 2.36. The topological polar surface area (TPSA) is 29.1 Å². The number of hydrogen-bond acceptors (Lipinski definition) is 1. The molecule has 0 saturated carbocycles. The molecule has 3 rings (SSSR count). The smallest absolute Gasteiger partial charge is 0.321 e. The van der Waals surface area contributed by atoms with E-state index in [9.17, 15) is 18.0 Å². The number of carbonyl (C=O) groups is 1. The second-order valence-corrected chi connectivity index (χ2v) is 5.06. The summed E-state index contributed by atoms with van der Waals surface area (Å²) in [5.74, 6) is -0.406. The molecule has 0 aliphatic carbocycles. The molecule has 0 aromatic heterocycles. The van der Waals surface area contributed by atoms with Crippen LogP contribution in [0.5, 0.6) is 0 Å². The Morgan fingerprint density at radius 3 is 2.43 bits per heavy atom. The van der Waals surface area contributed by atoms with Crippen molar-refractivity contribution < 1.29 is 18.0 Å². The highest BCUT2D eigenvalue weighted by atomic mass is 19.4. The van der Waals surface area contributed by atoms with Gasteiger partial charge in [-0.15, -0.1) is 0 Å². The first-order valence-corrected chi connectivity index (χ1v) is 6.91. The molecule has 1 aliphatic heterocycles. The summed E-state index contributed by atoms with van der Waals surface area (Å²) in [6, 6.07) is 12.8. The molecule has 1 N–H and O–H groups in total. The molecule has 0 atom stereocenters. The maximum atomic E-state index is 12.7. The molecule has 1 heterocycles. The van der Waals surface area contributed by atoms with Crippen molar-refractivity contribution in [3.63, 3.8) is 0 Å². The minimum absolute atomic E-state index is 0.184. The van der Waals surface area contributed by atoms with E-state index in [-0.39, 0.29) is 5.69 Å². The highest BCUT2D eigenvalue weighted by Crippen LogP contribution is 2.37. The fourth-order valence-electron chi connectivity index (χ4n) is 2.36. The molecular weight excluding hydrogens is 303 g/mol. The van der Waals surface area contributed by atoms with Crippen molar-refractivity contribution in [1.29, 1.82) is 0 Å². The third-order valence-electron chi connectivity index (χ3n) is 3.48. The van der Waals surface area contributed by atoms with E-state index in [1.807, 2.05) is 36.4 Å². The highest BCUT2D eigenvalue weighted by molar-refractivity contribution is 6.31. The van der Waals surface area contributed by atoms with E-state index < -0.39 is 17.6 Å². The molecule has 2 aromatic carbocycles. The van der Waals surface area contributed by atoms with Crippen molar-refractivity contribution in [3.8, 4) is 0 Å². The summed E-state index contributed by atoms with van der Waals surface area (Å²) in [4.78, 5) is 11.9. The van der Waals surface area contributed by atoms with Crippen LogP contribution in [0.3, 0.4) is 0 Å². The van der Waals surface area contributed by atoms with E-state index in [1.165, 1.54) is 6.07 Å². The molecule has 2 nitrogen and oxygen atoms in total. The van der Waals surface area contributed by atoms with Gasteiger partial charge in [-0.1, -0.05) is 48.6 Å². The standard InChI is InChI=1S/C18H12F3NO/c19-18(20,21)13-9-10-14-15(17(23)22-16(14)11-13)8-4-7-12-5-2-1-3-6-12/h1-11H,(H,22,23)/b7-4+,15-8+. The largest absolute Gasteiger partial charge is 0.416 e. The average molecular weight is 315 g/mol. The Morgan fingerprint density at radius 1 is 1.00 bits per heavy atom. The maximum Gasteiger partial charge on any atom is 0.416 e. The predicted molar refractivity (Wildman–Crippen MR) is 83.5 cm³/mol. The second-order valence-electron chi connectivity index (χ2n) is 5.06. The molecule has 5 heteroatoms. The van der Waals surface area contributed by atoms with E-state index in [4.69, 9.17) is 0 Å². The summed E-state index contributed by atoms with van der Waals surface area (Å²) in [6.07, 6.45) is 0.695. The second kappa shape index (κ2) is 5.76. The molecule has 116 valence electrons. The Morgan fingerprint density at radius 2 is 1.74 bits per heavy atom. The molecule has 0 spiro atoms. The van der Waals surface area contributed by atoms with E-state index in [0.717, 1.165) is 17.7 Å². The molecule has 0 unspecified atom stereocenters. The van der Waals surface area contributed by atoms with E-state index in [1.54, 1.807) is 12.2 Å². The molecular formula is C18H12F3NO. The van der Waals surface area contributed by atoms with Gasteiger partial charge in [-0.2, -0.15) is 13.2 Å². The third-order valence-corrected chi connectivity index (χ3v) is 3.48. The van der Waals surface area contributed by atoms with Crippen LogP contribution in [-0.4, -0.2) is 5.91 Å². The van der Waals surface area contributed by atoms with Crippen LogP contribution in [0, 0.1) is 0 Å². The number of anilines is 1. The van der Waals surface area contributed by atoms with Gasteiger partial charge in [0.25, 0.3) is 5.91 Å². The number of halogens is 3. The van der Waals surface area contributed by atoms with Crippen molar-refractivity contribution in [3.05, 3.63) is 77.4 Å². The van der Waals surface area contributed by atoms with E-state index in [2.05, 4.69) is 5.32 Å².